The molecule has 1 rings (SSSR count). The van der Waals surface area contributed by atoms with Crippen molar-refractivity contribution < 1.29 is 4.74 Å². The Hall–Kier alpha value is 0.270. The summed E-state index contributed by atoms with van der Waals surface area (Å²) in [5.74, 6) is 1.26. The number of ether oxygens (including phenoxy) is 1. The second-order valence-electron chi connectivity index (χ2n) is 4.04. The highest BCUT2D eigenvalue weighted by Crippen LogP contribution is 2.20. The summed E-state index contributed by atoms with van der Waals surface area (Å²) in [4.78, 5) is 0. The van der Waals surface area contributed by atoms with E-state index in [2.05, 4.69) is 6.92 Å². The Morgan fingerprint density at radius 2 is 2.43 bits per heavy atom. The number of rotatable bonds is 7. The van der Waals surface area contributed by atoms with Crippen LogP contribution in [0.1, 0.15) is 39.0 Å². The van der Waals surface area contributed by atoms with Crippen molar-refractivity contribution in [3.63, 3.8) is 0 Å². The number of hydrogen-bond acceptors (Lipinski definition) is 3. The highest BCUT2D eigenvalue weighted by atomic mass is 32.2. The molecule has 0 saturated carbocycles. The third-order valence-electron chi connectivity index (χ3n) is 2.67. The van der Waals surface area contributed by atoms with Crippen LogP contribution < -0.4 is 5.73 Å². The van der Waals surface area contributed by atoms with Gasteiger partial charge in [-0.15, -0.1) is 0 Å². The molecule has 1 fully saturated rings. The zero-order valence-electron chi connectivity index (χ0n) is 9.21. The molecule has 0 aromatic heterocycles. The molecule has 1 aliphatic rings. The van der Waals surface area contributed by atoms with Crippen molar-refractivity contribution in [2.24, 2.45) is 5.73 Å². The summed E-state index contributed by atoms with van der Waals surface area (Å²) in [6, 6.07) is 0. The first-order valence-corrected chi connectivity index (χ1v) is 6.81. The van der Waals surface area contributed by atoms with E-state index in [-0.39, 0.29) is 0 Å². The standard InChI is InChI=1S/C11H23NOS/c1-10(6-7-12)14-9-3-5-11-4-2-8-13-11/h10-11H,2-9,12H2,1H3. The summed E-state index contributed by atoms with van der Waals surface area (Å²) in [7, 11) is 0. The Bertz CT molecular complexity index is 137. The molecular formula is C11H23NOS. The van der Waals surface area contributed by atoms with Crippen molar-refractivity contribution in [1.82, 2.24) is 0 Å². The Kier molecular flexibility index (Phi) is 6.65. The van der Waals surface area contributed by atoms with E-state index in [1.165, 1.54) is 31.4 Å². The number of thioether (sulfide) groups is 1. The highest BCUT2D eigenvalue weighted by molar-refractivity contribution is 7.99. The summed E-state index contributed by atoms with van der Waals surface area (Å²) in [6.07, 6.45) is 6.81. The van der Waals surface area contributed by atoms with Gasteiger partial charge in [0.25, 0.3) is 0 Å². The minimum Gasteiger partial charge on any atom is -0.378 e. The number of nitrogens with two attached hydrogens (primary N) is 1. The molecule has 84 valence electrons. The average molecular weight is 217 g/mol. The zero-order valence-corrected chi connectivity index (χ0v) is 10.0. The van der Waals surface area contributed by atoms with Crippen LogP contribution in [0.4, 0.5) is 0 Å². The van der Waals surface area contributed by atoms with Crippen LogP contribution in [0.3, 0.4) is 0 Å². The fourth-order valence-corrected chi connectivity index (χ4v) is 2.82. The van der Waals surface area contributed by atoms with Gasteiger partial charge in [-0.25, -0.2) is 0 Å². The van der Waals surface area contributed by atoms with Gasteiger partial charge in [0.2, 0.25) is 0 Å². The lowest BCUT2D eigenvalue weighted by Gasteiger charge is -2.11. The Balaban J connectivity index is 1.88. The third-order valence-corrected chi connectivity index (χ3v) is 4.00. The number of hydrogen-bond donors (Lipinski definition) is 1. The van der Waals surface area contributed by atoms with Gasteiger partial charge in [-0.2, -0.15) is 11.8 Å². The fourth-order valence-electron chi connectivity index (χ4n) is 1.79. The molecule has 2 N–H and O–H groups in total. The molecule has 2 nitrogen and oxygen atoms in total. The second kappa shape index (κ2) is 7.55. The van der Waals surface area contributed by atoms with E-state index < -0.39 is 0 Å². The van der Waals surface area contributed by atoms with Gasteiger partial charge in [-0.1, -0.05) is 6.92 Å². The molecule has 0 radical (unpaired) electrons. The Labute approximate surface area is 92.0 Å². The van der Waals surface area contributed by atoms with Gasteiger partial charge < -0.3 is 10.5 Å². The maximum Gasteiger partial charge on any atom is 0.0576 e. The predicted molar refractivity (Wildman–Crippen MR) is 63.8 cm³/mol. The first-order valence-electron chi connectivity index (χ1n) is 5.76. The van der Waals surface area contributed by atoms with Crippen molar-refractivity contribution in [3.8, 4) is 0 Å². The highest BCUT2D eigenvalue weighted by Gasteiger charge is 2.14. The first kappa shape index (κ1) is 12.3. The molecule has 0 bridgehead atoms. The lowest BCUT2D eigenvalue weighted by molar-refractivity contribution is 0.104. The monoisotopic (exact) mass is 217 g/mol. The van der Waals surface area contributed by atoms with Crippen LogP contribution in [0.15, 0.2) is 0 Å². The van der Waals surface area contributed by atoms with Gasteiger partial charge >= 0.3 is 0 Å². The van der Waals surface area contributed by atoms with E-state index in [4.69, 9.17) is 10.5 Å². The Morgan fingerprint density at radius 1 is 1.57 bits per heavy atom. The summed E-state index contributed by atoms with van der Waals surface area (Å²) in [6.45, 7) is 4.07. The van der Waals surface area contributed by atoms with E-state index in [0.29, 0.717) is 6.10 Å². The van der Waals surface area contributed by atoms with Crippen molar-refractivity contribution in [3.05, 3.63) is 0 Å². The molecule has 0 spiro atoms. The van der Waals surface area contributed by atoms with Crippen LogP contribution in [-0.2, 0) is 4.74 Å². The topological polar surface area (TPSA) is 35.2 Å². The summed E-state index contributed by atoms with van der Waals surface area (Å²) in [5, 5.41) is 0.726. The molecule has 0 amide bonds. The molecular weight excluding hydrogens is 194 g/mol. The molecule has 1 heterocycles. The van der Waals surface area contributed by atoms with Gasteiger partial charge in [0.15, 0.2) is 0 Å². The van der Waals surface area contributed by atoms with Gasteiger partial charge in [0.1, 0.15) is 0 Å². The van der Waals surface area contributed by atoms with Crippen molar-refractivity contribution in [2.45, 2.75) is 50.4 Å². The van der Waals surface area contributed by atoms with E-state index in [0.717, 1.165) is 24.8 Å². The van der Waals surface area contributed by atoms with E-state index in [1.54, 1.807) is 0 Å². The lowest BCUT2D eigenvalue weighted by Crippen LogP contribution is -2.09. The minimum absolute atomic E-state index is 0.570. The van der Waals surface area contributed by atoms with Crippen molar-refractivity contribution in [1.29, 1.82) is 0 Å². The van der Waals surface area contributed by atoms with Crippen LogP contribution in [0.5, 0.6) is 0 Å². The molecule has 14 heavy (non-hydrogen) atoms. The first-order chi connectivity index (χ1) is 6.83. The lowest BCUT2D eigenvalue weighted by atomic mass is 10.1. The second-order valence-corrected chi connectivity index (χ2v) is 5.58. The van der Waals surface area contributed by atoms with Crippen LogP contribution in [0, 0.1) is 0 Å². The van der Waals surface area contributed by atoms with Gasteiger partial charge in [-0.3, -0.25) is 0 Å². The molecule has 1 saturated heterocycles. The minimum atomic E-state index is 0.570. The van der Waals surface area contributed by atoms with Crippen LogP contribution in [0.2, 0.25) is 0 Å². The van der Waals surface area contributed by atoms with E-state index >= 15 is 0 Å². The maximum absolute atomic E-state index is 5.58. The van der Waals surface area contributed by atoms with Gasteiger partial charge in [-0.05, 0) is 44.4 Å². The van der Waals surface area contributed by atoms with Crippen molar-refractivity contribution >= 4 is 11.8 Å². The molecule has 0 aromatic carbocycles. The predicted octanol–water partition coefficient (Wildman–Crippen LogP) is 2.42. The Morgan fingerprint density at radius 3 is 3.07 bits per heavy atom. The average Bonchev–Trinajstić information content (AvgIpc) is 2.65. The zero-order chi connectivity index (χ0) is 10.2. The van der Waals surface area contributed by atoms with Crippen molar-refractivity contribution in [2.75, 3.05) is 18.9 Å². The smallest absolute Gasteiger partial charge is 0.0576 e. The van der Waals surface area contributed by atoms with Crippen LogP contribution in [-0.4, -0.2) is 30.3 Å². The summed E-state index contributed by atoms with van der Waals surface area (Å²) < 4.78 is 5.58. The molecule has 2 atom stereocenters. The van der Waals surface area contributed by atoms with E-state index in [9.17, 15) is 0 Å². The summed E-state index contributed by atoms with van der Waals surface area (Å²) in [5.41, 5.74) is 5.50. The van der Waals surface area contributed by atoms with Gasteiger partial charge in [0.05, 0.1) is 6.10 Å². The molecule has 0 aromatic rings. The van der Waals surface area contributed by atoms with E-state index in [1.807, 2.05) is 11.8 Å². The summed E-state index contributed by atoms with van der Waals surface area (Å²) >= 11 is 2.05. The fraction of sp³-hybridized carbons (Fsp3) is 1.00. The largest absolute Gasteiger partial charge is 0.378 e. The van der Waals surface area contributed by atoms with Crippen LogP contribution in [0.25, 0.3) is 0 Å². The quantitative estimate of drug-likeness (QED) is 0.665. The SMILES string of the molecule is CC(CCN)SCCCC1CCCO1. The third kappa shape index (κ3) is 5.23. The molecule has 1 aliphatic heterocycles. The molecule has 0 aliphatic carbocycles. The van der Waals surface area contributed by atoms with Gasteiger partial charge in [0, 0.05) is 11.9 Å². The normalized spacial score (nSPS) is 24.0. The molecule has 2 unspecified atom stereocenters. The maximum atomic E-state index is 5.58. The molecule has 3 heteroatoms. The van der Waals surface area contributed by atoms with Crippen LogP contribution >= 0.6 is 11.8 Å².